The molecule has 2 fully saturated rings. The largest absolute Gasteiger partial charge is 0.298 e. The van der Waals surface area contributed by atoms with Gasteiger partial charge in [-0.1, -0.05) is 30.3 Å². The number of nitrogens with one attached hydrogen (secondary N) is 1. The number of fused-ring (bicyclic) bond motifs is 1. The van der Waals surface area contributed by atoms with E-state index in [1.807, 2.05) is 18.2 Å². The predicted octanol–water partition coefficient (Wildman–Crippen LogP) is 3.02. The molecule has 4 nitrogen and oxygen atoms in total. The SMILES string of the molecule is S=c1[nH]nc(-c2ccccc2)n1C1CCN2CCCC12. The van der Waals surface area contributed by atoms with Crippen LogP contribution in [0, 0.1) is 4.77 Å². The first-order valence-electron chi connectivity index (χ1n) is 7.31. The number of hydrogen-bond acceptors (Lipinski definition) is 3. The smallest absolute Gasteiger partial charge is 0.195 e. The van der Waals surface area contributed by atoms with Crippen LogP contribution < -0.4 is 0 Å². The topological polar surface area (TPSA) is 36.9 Å². The Hall–Kier alpha value is -1.46. The van der Waals surface area contributed by atoms with E-state index in [1.54, 1.807) is 0 Å². The molecule has 1 aromatic carbocycles. The van der Waals surface area contributed by atoms with Crippen LogP contribution in [-0.4, -0.2) is 38.8 Å². The fraction of sp³-hybridized carbons (Fsp3) is 0.467. The molecule has 0 amide bonds. The van der Waals surface area contributed by atoms with Crippen molar-refractivity contribution >= 4 is 12.2 Å². The Morgan fingerprint density at radius 3 is 2.80 bits per heavy atom. The molecule has 1 aromatic heterocycles. The lowest BCUT2D eigenvalue weighted by Crippen LogP contribution is -2.28. The first kappa shape index (κ1) is 12.3. The van der Waals surface area contributed by atoms with Crippen LogP contribution in [0.1, 0.15) is 25.3 Å². The molecule has 3 heterocycles. The summed E-state index contributed by atoms with van der Waals surface area (Å²) >= 11 is 5.50. The summed E-state index contributed by atoms with van der Waals surface area (Å²) in [5.74, 6) is 0.981. The summed E-state index contributed by atoms with van der Waals surface area (Å²) in [6.07, 6.45) is 3.78. The highest BCUT2D eigenvalue weighted by molar-refractivity contribution is 7.71. The van der Waals surface area contributed by atoms with Gasteiger partial charge in [-0.25, -0.2) is 0 Å². The Morgan fingerprint density at radius 2 is 1.95 bits per heavy atom. The highest BCUT2D eigenvalue weighted by Crippen LogP contribution is 2.38. The summed E-state index contributed by atoms with van der Waals surface area (Å²) in [4.78, 5) is 2.61. The highest BCUT2D eigenvalue weighted by atomic mass is 32.1. The third-order valence-electron chi connectivity index (χ3n) is 4.64. The summed E-state index contributed by atoms with van der Waals surface area (Å²) in [7, 11) is 0. The van der Waals surface area contributed by atoms with Gasteiger partial charge in [-0.15, -0.1) is 0 Å². The third-order valence-corrected chi connectivity index (χ3v) is 4.93. The van der Waals surface area contributed by atoms with Crippen LogP contribution in [0.4, 0.5) is 0 Å². The average Bonchev–Trinajstić information content (AvgIpc) is 3.15. The molecule has 0 aliphatic carbocycles. The number of aromatic amines is 1. The molecular formula is C15H18N4S. The van der Waals surface area contributed by atoms with Gasteiger partial charge in [-0.2, -0.15) is 5.10 Å². The van der Waals surface area contributed by atoms with Crippen molar-refractivity contribution < 1.29 is 0 Å². The van der Waals surface area contributed by atoms with Gasteiger partial charge in [-0.3, -0.25) is 14.6 Å². The number of nitrogens with zero attached hydrogens (tertiary/aromatic N) is 3. The van der Waals surface area contributed by atoms with Crippen molar-refractivity contribution in [3.8, 4) is 11.4 Å². The van der Waals surface area contributed by atoms with Crippen molar-refractivity contribution in [2.75, 3.05) is 13.1 Å². The molecule has 4 rings (SSSR count). The molecule has 2 unspecified atom stereocenters. The van der Waals surface area contributed by atoms with Crippen molar-refractivity contribution in [3.63, 3.8) is 0 Å². The van der Waals surface area contributed by atoms with Crippen LogP contribution in [-0.2, 0) is 0 Å². The molecular weight excluding hydrogens is 268 g/mol. The van der Waals surface area contributed by atoms with Gasteiger partial charge in [0.2, 0.25) is 0 Å². The van der Waals surface area contributed by atoms with E-state index in [2.05, 4.69) is 31.8 Å². The van der Waals surface area contributed by atoms with Crippen molar-refractivity contribution in [1.29, 1.82) is 0 Å². The van der Waals surface area contributed by atoms with Crippen LogP contribution in [0.2, 0.25) is 0 Å². The van der Waals surface area contributed by atoms with E-state index in [1.165, 1.54) is 32.4 Å². The number of hydrogen-bond donors (Lipinski definition) is 1. The van der Waals surface area contributed by atoms with E-state index in [9.17, 15) is 0 Å². The van der Waals surface area contributed by atoms with Crippen molar-refractivity contribution in [1.82, 2.24) is 19.7 Å². The second kappa shape index (κ2) is 4.82. The average molecular weight is 286 g/mol. The molecule has 2 aliphatic rings. The summed E-state index contributed by atoms with van der Waals surface area (Å²) in [5, 5.41) is 7.46. The second-order valence-electron chi connectivity index (χ2n) is 5.69. The minimum Gasteiger partial charge on any atom is -0.298 e. The van der Waals surface area contributed by atoms with Gasteiger partial charge in [0.15, 0.2) is 10.6 Å². The maximum atomic E-state index is 5.50. The second-order valence-corrected chi connectivity index (χ2v) is 6.08. The van der Waals surface area contributed by atoms with E-state index >= 15 is 0 Å². The normalized spacial score (nSPS) is 26.0. The zero-order valence-corrected chi connectivity index (χ0v) is 12.1. The molecule has 5 heteroatoms. The lowest BCUT2D eigenvalue weighted by atomic mass is 10.1. The Labute approximate surface area is 123 Å². The van der Waals surface area contributed by atoms with Gasteiger partial charge < -0.3 is 0 Å². The molecule has 1 N–H and O–H groups in total. The molecule has 2 aliphatic heterocycles. The molecule has 0 radical (unpaired) electrons. The van der Waals surface area contributed by atoms with Crippen LogP contribution in [0.25, 0.3) is 11.4 Å². The molecule has 2 atom stereocenters. The van der Waals surface area contributed by atoms with Crippen molar-refractivity contribution in [3.05, 3.63) is 35.1 Å². The summed E-state index contributed by atoms with van der Waals surface area (Å²) in [6.45, 7) is 2.43. The maximum Gasteiger partial charge on any atom is 0.195 e. The maximum absolute atomic E-state index is 5.50. The van der Waals surface area contributed by atoms with Crippen LogP contribution >= 0.6 is 12.2 Å². The fourth-order valence-corrected chi connectivity index (χ4v) is 4.03. The molecule has 0 spiro atoms. The molecule has 0 bridgehead atoms. The molecule has 20 heavy (non-hydrogen) atoms. The molecule has 2 aromatic rings. The molecule has 2 saturated heterocycles. The van der Waals surface area contributed by atoms with E-state index in [-0.39, 0.29) is 0 Å². The summed E-state index contributed by atoms with van der Waals surface area (Å²) in [6, 6.07) is 11.4. The van der Waals surface area contributed by atoms with E-state index in [4.69, 9.17) is 12.2 Å². The van der Waals surface area contributed by atoms with Gasteiger partial charge in [0.05, 0.1) is 6.04 Å². The minimum atomic E-state index is 0.471. The zero-order valence-electron chi connectivity index (χ0n) is 11.3. The number of benzene rings is 1. The standard InChI is InChI=1S/C15H18N4S/c20-15-17-16-14(11-5-2-1-3-6-11)19(15)13-8-10-18-9-4-7-12(13)18/h1-3,5-6,12-13H,4,7-10H2,(H,17,20). The van der Waals surface area contributed by atoms with Crippen LogP contribution in [0.5, 0.6) is 0 Å². The van der Waals surface area contributed by atoms with E-state index in [0.29, 0.717) is 12.1 Å². The number of rotatable bonds is 2. The van der Waals surface area contributed by atoms with Gasteiger partial charge in [0.1, 0.15) is 0 Å². The predicted molar refractivity (Wildman–Crippen MR) is 81.1 cm³/mol. The van der Waals surface area contributed by atoms with E-state index in [0.717, 1.165) is 16.2 Å². The Morgan fingerprint density at radius 1 is 1.10 bits per heavy atom. The lowest BCUT2D eigenvalue weighted by Gasteiger charge is -2.22. The van der Waals surface area contributed by atoms with Gasteiger partial charge in [-0.05, 0) is 38.0 Å². The first-order chi connectivity index (χ1) is 9.84. The van der Waals surface area contributed by atoms with Crippen molar-refractivity contribution in [2.24, 2.45) is 0 Å². The van der Waals surface area contributed by atoms with E-state index < -0.39 is 0 Å². The monoisotopic (exact) mass is 286 g/mol. The minimum absolute atomic E-state index is 0.471. The summed E-state index contributed by atoms with van der Waals surface area (Å²) < 4.78 is 3.00. The van der Waals surface area contributed by atoms with Gasteiger partial charge in [0.25, 0.3) is 0 Å². The van der Waals surface area contributed by atoms with Crippen molar-refractivity contribution in [2.45, 2.75) is 31.3 Å². The first-order valence-corrected chi connectivity index (χ1v) is 7.72. The zero-order chi connectivity index (χ0) is 13.5. The Bertz CT molecular complexity index is 660. The molecule has 0 saturated carbocycles. The fourth-order valence-electron chi connectivity index (χ4n) is 3.76. The van der Waals surface area contributed by atoms with Gasteiger partial charge in [0, 0.05) is 18.2 Å². The lowest BCUT2D eigenvalue weighted by molar-refractivity contribution is 0.290. The van der Waals surface area contributed by atoms with Crippen LogP contribution in [0.3, 0.4) is 0 Å². The Kier molecular flexibility index (Phi) is 2.97. The summed E-state index contributed by atoms with van der Waals surface area (Å²) in [5.41, 5.74) is 1.14. The number of aromatic nitrogens is 3. The Balaban J connectivity index is 1.79. The molecule has 104 valence electrons. The highest BCUT2D eigenvalue weighted by Gasteiger charge is 2.39. The van der Waals surface area contributed by atoms with Crippen LogP contribution in [0.15, 0.2) is 30.3 Å². The quantitative estimate of drug-likeness (QED) is 0.862. The third kappa shape index (κ3) is 1.84. The van der Waals surface area contributed by atoms with Gasteiger partial charge >= 0.3 is 0 Å². The number of H-pyrrole nitrogens is 1.